The van der Waals surface area contributed by atoms with Gasteiger partial charge in [-0.1, -0.05) is 29.8 Å². The average Bonchev–Trinajstić information content (AvgIpc) is 2.25. The Labute approximate surface area is 111 Å². The number of hydrogen-bond donors (Lipinski definition) is 2. The molecule has 1 aromatic carbocycles. The molecule has 0 fully saturated rings. The highest BCUT2D eigenvalue weighted by atomic mass is 79.9. The Morgan fingerprint density at radius 2 is 2.18 bits per heavy atom. The minimum Gasteiger partial charge on any atom is -0.493 e. The maximum atomic E-state index is 7.50. The number of halogens is 1. The highest BCUT2D eigenvalue weighted by Gasteiger charge is 2.07. The summed E-state index contributed by atoms with van der Waals surface area (Å²) < 4.78 is 6.56. The van der Waals surface area contributed by atoms with Crippen molar-refractivity contribution in [3.8, 4) is 5.75 Å². The van der Waals surface area contributed by atoms with E-state index >= 15 is 0 Å². The molecule has 3 N–H and O–H groups in total. The molecular formula is C13H19BrN2O. The molecule has 0 aliphatic carbocycles. The topological polar surface area (TPSA) is 59.1 Å². The summed E-state index contributed by atoms with van der Waals surface area (Å²) in [6, 6.07) is 5.54. The molecule has 0 bridgehead atoms. The zero-order valence-corrected chi connectivity index (χ0v) is 11.9. The molecule has 4 heteroatoms. The van der Waals surface area contributed by atoms with E-state index in [-0.39, 0.29) is 5.84 Å². The van der Waals surface area contributed by atoms with Crippen LogP contribution < -0.4 is 10.5 Å². The number of nitrogens with one attached hydrogen (secondary N) is 1. The molecule has 17 heavy (non-hydrogen) atoms. The van der Waals surface area contributed by atoms with Crippen molar-refractivity contribution in [2.45, 2.75) is 26.7 Å². The van der Waals surface area contributed by atoms with Crippen molar-refractivity contribution in [2.75, 3.05) is 6.61 Å². The summed E-state index contributed by atoms with van der Waals surface area (Å²) in [6.07, 6.45) is 2.16. The van der Waals surface area contributed by atoms with Crippen molar-refractivity contribution in [2.24, 2.45) is 11.7 Å². The molecule has 0 spiro atoms. The van der Waals surface area contributed by atoms with E-state index in [9.17, 15) is 0 Å². The monoisotopic (exact) mass is 298 g/mol. The number of benzene rings is 1. The van der Waals surface area contributed by atoms with Crippen LogP contribution in [0.3, 0.4) is 0 Å². The zero-order chi connectivity index (χ0) is 12.8. The van der Waals surface area contributed by atoms with Crippen molar-refractivity contribution >= 4 is 21.8 Å². The Morgan fingerprint density at radius 1 is 1.47 bits per heavy atom. The van der Waals surface area contributed by atoms with Crippen LogP contribution in [-0.4, -0.2) is 12.4 Å². The fraction of sp³-hybridized carbons (Fsp3) is 0.462. The first kappa shape index (κ1) is 14.0. The quantitative estimate of drug-likeness (QED) is 0.479. The fourth-order valence-corrected chi connectivity index (χ4v) is 1.87. The van der Waals surface area contributed by atoms with E-state index in [1.807, 2.05) is 12.1 Å². The summed E-state index contributed by atoms with van der Waals surface area (Å²) in [5.74, 6) is 1.41. The Hall–Kier alpha value is -1.03. The Kier molecular flexibility index (Phi) is 5.48. The molecule has 0 heterocycles. The SMILES string of the molecule is CC(C)CCCOc1ccc(Br)cc1C(=N)N. The molecular weight excluding hydrogens is 280 g/mol. The van der Waals surface area contributed by atoms with E-state index in [0.29, 0.717) is 23.8 Å². The van der Waals surface area contributed by atoms with Crippen molar-refractivity contribution in [3.63, 3.8) is 0 Å². The second-order valence-electron chi connectivity index (χ2n) is 4.44. The van der Waals surface area contributed by atoms with Crippen LogP contribution in [0.15, 0.2) is 22.7 Å². The summed E-state index contributed by atoms with van der Waals surface area (Å²) in [6.45, 7) is 5.06. The van der Waals surface area contributed by atoms with Crippen molar-refractivity contribution < 1.29 is 4.74 Å². The molecule has 0 saturated carbocycles. The Balaban J connectivity index is 2.61. The third kappa shape index (κ3) is 4.77. The molecule has 0 atom stereocenters. The number of hydrogen-bond acceptors (Lipinski definition) is 2. The third-order valence-corrected chi connectivity index (χ3v) is 2.91. The van der Waals surface area contributed by atoms with E-state index in [2.05, 4.69) is 29.8 Å². The molecule has 0 radical (unpaired) electrons. The fourth-order valence-electron chi connectivity index (χ4n) is 1.51. The molecule has 0 unspecified atom stereocenters. The molecule has 1 aromatic rings. The van der Waals surface area contributed by atoms with E-state index in [1.165, 1.54) is 0 Å². The van der Waals surface area contributed by atoms with Gasteiger partial charge in [0.05, 0.1) is 12.2 Å². The van der Waals surface area contributed by atoms with Crippen LogP contribution in [0.5, 0.6) is 5.75 Å². The minimum absolute atomic E-state index is 0.0326. The lowest BCUT2D eigenvalue weighted by atomic mass is 10.1. The number of amidine groups is 1. The normalized spacial score (nSPS) is 10.6. The van der Waals surface area contributed by atoms with Crippen molar-refractivity contribution in [1.29, 1.82) is 5.41 Å². The maximum Gasteiger partial charge on any atom is 0.130 e. The van der Waals surface area contributed by atoms with E-state index in [0.717, 1.165) is 17.3 Å². The van der Waals surface area contributed by atoms with Gasteiger partial charge in [-0.05, 0) is 37.0 Å². The second-order valence-corrected chi connectivity index (χ2v) is 5.35. The van der Waals surface area contributed by atoms with Gasteiger partial charge in [0.2, 0.25) is 0 Å². The van der Waals surface area contributed by atoms with Gasteiger partial charge in [0.25, 0.3) is 0 Å². The number of rotatable bonds is 6. The molecule has 0 aliphatic rings. The minimum atomic E-state index is 0.0326. The van der Waals surface area contributed by atoms with E-state index < -0.39 is 0 Å². The largest absolute Gasteiger partial charge is 0.493 e. The van der Waals surface area contributed by atoms with Gasteiger partial charge in [-0.2, -0.15) is 0 Å². The van der Waals surface area contributed by atoms with Crippen LogP contribution in [-0.2, 0) is 0 Å². The predicted molar refractivity (Wildman–Crippen MR) is 74.7 cm³/mol. The second kappa shape index (κ2) is 6.64. The lowest BCUT2D eigenvalue weighted by Crippen LogP contribution is -2.13. The number of nitrogen functional groups attached to an aromatic ring is 1. The third-order valence-electron chi connectivity index (χ3n) is 2.42. The van der Waals surface area contributed by atoms with Crippen LogP contribution in [0.2, 0.25) is 0 Å². The summed E-state index contributed by atoms with van der Waals surface area (Å²) in [5, 5.41) is 7.50. The predicted octanol–water partition coefficient (Wildman–Crippen LogP) is 3.55. The van der Waals surface area contributed by atoms with Crippen molar-refractivity contribution in [1.82, 2.24) is 0 Å². The summed E-state index contributed by atoms with van der Waals surface area (Å²) >= 11 is 3.36. The van der Waals surface area contributed by atoms with Crippen LogP contribution in [0.4, 0.5) is 0 Å². The molecule has 0 aliphatic heterocycles. The lowest BCUT2D eigenvalue weighted by Gasteiger charge is -2.11. The van der Waals surface area contributed by atoms with Gasteiger partial charge < -0.3 is 10.5 Å². The molecule has 0 amide bonds. The van der Waals surface area contributed by atoms with Gasteiger partial charge in [-0.15, -0.1) is 0 Å². The highest BCUT2D eigenvalue weighted by molar-refractivity contribution is 9.10. The summed E-state index contributed by atoms with van der Waals surface area (Å²) in [7, 11) is 0. The van der Waals surface area contributed by atoms with Crippen LogP contribution in [0, 0.1) is 11.3 Å². The van der Waals surface area contributed by atoms with Crippen molar-refractivity contribution in [3.05, 3.63) is 28.2 Å². The summed E-state index contributed by atoms with van der Waals surface area (Å²) in [5.41, 5.74) is 6.16. The van der Waals surface area contributed by atoms with Gasteiger partial charge in [0.15, 0.2) is 0 Å². The van der Waals surface area contributed by atoms with E-state index in [1.54, 1.807) is 6.07 Å². The number of ether oxygens (including phenoxy) is 1. The molecule has 0 saturated heterocycles. The average molecular weight is 299 g/mol. The first-order chi connectivity index (χ1) is 8.00. The van der Waals surface area contributed by atoms with Gasteiger partial charge in [0, 0.05) is 4.47 Å². The maximum absolute atomic E-state index is 7.50. The van der Waals surface area contributed by atoms with Crippen LogP contribution in [0.1, 0.15) is 32.3 Å². The number of nitrogens with two attached hydrogens (primary N) is 1. The van der Waals surface area contributed by atoms with Gasteiger partial charge in [0.1, 0.15) is 11.6 Å². The lowest BCUT2D eigenvalue weighted by molar-refractivity contribution is 0.297. The molecule has 0 aromatic heterocycles. The molecule has 94 valence electrons. The first-order valence-electron chi connectivity index (χ1n) is 5.77. The highest BCUT2D eigenvalue weighted by Crippen LogP contribution is 2.23. The van der Waals surface area contributed by atoms with Crippen LogP contribution >= 0.6 is 15.9 Å². The zero-order valence-electron chi connectivity index (χ0n) is 10.3. The Bertz CT molecular complexity index is 391. The molecule has 1 rings (SSSR count). The standard InChI is InChI=1S/C13H19BrN2O/c1-9(2)4-3-7-17-12-6-5-10(14)8-11(12)13(15)16/h5-6,8-9H,3-4,7H2,1-2H3,(H3,15,16). The molecule has 3 nitrogen and oxygen atoms in total. The first-order valence-corrected chi connectivity index (χ1v) is 6.56. The van der Waals surface area contributed by atoms with Gasteiger partial charge in [-0.25, -0.2) is 0 Å². The Morgan fingerprint density at radius 3 is 2.76 bits per heavy atom. The van der Waals surface area contributed by atoms with E-state index in [4.69, 9.17) is 15.9 Å². The van der Waals surface area contributed by atoms with Gasteiger partial charge >= 0.3 is 0 Å². The smallest absolute Gasteiger partial charge is 0.130 e. The summed E-state index contributed by atoms with van der Waals surface area (Å²) in [4.78, 5) is 0. The van der Waals surface area contributed by atoms with Gasteiger partial charge in [-0.3, -0.25) is 5.41 Å². The van der Waals surface area contributed by atoms with Crippen LogP contribution in [0.25, 0.3) is 0 Å².